The number of amides is 1. The summed E-state index contributed by atoms with van der Waals surface area (Å²) in [7, 11) is 3.07. The van der Waals surface area contributed by atoms with Gasteiger partial charge >= 0.3 is 5.97 Å². The van der Waals surface area contributed by atoms with Crippen LogP contribution >= 0.6 is 34.5 Å². The van der Waals surface area contributed by atoms with Crippen LogP contribution in [0.25, 0.3) is 0 Å². The van der Waals surface area contributed by atoms with Crippen LogP contribution in [0.3, 0.4) is 0 Å². The van der Waals surface area contributed by atoms with E-state index in [1.165, 1.54) is 35.5 Å². The van der Waals surface area contributed by atoms with Gasteiger partial charge in [-0.1, -0.05) is 23.2 Å². The quantitative estimate of drug-likeness (QED) is 0.583. The molecule has 1 aromatic heterocycles. The normalized spacial score (nSPS) is 10.4. The molecule has 27 heavy (non-hydrogen) atoms. The Bertz CT molecular complexity index is 824. The van der Waals surface area contributed by atoms with E-state index >= 15 is 0 Å². The zero-order chi connectivity index (χ0) is 20.0. The highest BCUT2D eigenvalue weighted by Gasteiger charge is 2.19. The topological polar surface area (TPSA) is 65.1 Å². The van der Waals surface area contributed by atoms with E-state index in [2.05, 4.69) is 0 Å². The first-order valence-corrected chi connectivity index (χ1v) is 9.58. The molecule has 0 atom stereocenters. The Hall–Kier alpha value is -1.96. The largest absolute Gasteiger partial charge is 0.493 e. The second kappa shape index (κ2) is 9.82. The van der Waals surface area contributed by atoms with Gasteiger partial charge < -0.3 is 19.1 Å². The molecule has 0 aliphatic carbocycles. The number of halogens is 2. The summed E-state index contributed by atoms with van der Waals surface area (Å²) in [5, 5.41) is 0.223. The lowest BCUT2D eigenvalue weighted by Gasteiger charge is -2.16. The lowest BCUT2D eigenvalue weighted by molar-refractivity contribution is -0.133. The van der Waals surface area contributed by atoms with Crippen molar-refractivity contribution in [1.29, 1.82) is 0 Å². The molecule has 2 rings (SSSR count). The van der Waals surface area contributed by atoms with Crippen molar-refractivity contribution in [3.05, 3.63) is 44.1 Å². The Labute approximate surface area is 171 Å². The van der Waals surface area contributed by atoms with Gasteiger partial charge in [0.05, 0.1) is 35.2 Å². The fourth-order valence-electron chi connectivity index (χ4n) is 2.20. The van der Waals surface area contributed by atoms with Gasteiger partial charge in [-0.3, -0.25) is 4.79 Å². The number of rotatable bonds is 8. The van der Waals surface area contributed by atoms with Crippen molar-refractivity contribution in [2.24, 2.45) is 0 Å². The van der Waals surface area contributed by atoms with Crippen LogP contribution in [-0.2, 0) is 16.1 Å². The summed E-state index contributed by atoms with van der Waals surface area (Å²) in [5.74, 6) is -0.353. The molecule has 1 aromatic carbocycles. The average molecular weight is 432 g/mol. The molecule has 2 aromatic rings. The Kier molecular flexibility index (Phi) is 7.77. The fraction of sp³-hybridized carbons (Fsp3) is 0.333. The van der Waals surface area contributed by atoms with E-state index in [4.69, 9.17) is 37.4 Å². The van der Waals surface area contributed by atoms with Crippen molar-refractivity contribution in [3.8, 4) is 11.5 Å². The van der Waals surface area contributed by atoms with Crippen LogP contribution in [0.2, 0.25) is 9.36 Å². The summed E-state index contributed by atoms with van der Waals surface area (Å²) in [5.41, 5.74) is 0.167. The van der Waals surface area contributed by atoms with Crippen molar-refractivity contribution in [1.82, 2.24) is 4.90 Å². The zero-order valence-corrected chi connectivity index (χ0v) is 17.4. The Morgan fingerprint density at radius 1 is 1.22 bits per heavy atom. The maximum atomic E-state index is 12.3. The van der Waals surface area contributed by atoms with Crippen molar-refractivity contribution in [2.75, 3.05) is 27.4 Å². The van der Waals surface area contributed by atoms with Gasteiger partial charge in [0.2, 0.25) is 0 Å². The van der Waals surface area contributed by atoms with E-state index in [1.54, 1.807) is 13.1 Å². The standard InChI is InChI=1S/C18H19Cl2NO5S/c1-4-25-17-13(19)7-11(8-14(17)24-3)18(23)26-10-16(22)21(2)9-12-5-6-15(20)27-12/h5-8H,4,9-10H2,1-3H3. The number of carbonyl (C=O) groups excluding carboxylic acids is 2. The molecule has 0 radical (unpaired) electrons. The monoisotopic (exact) mass is 431 g/mol. The summed E-state index contributed by atoms with van der Waals surface area (Å²) in [6, 6.07) is 6.49. The van der Waals surface area contributed by atoms with Gasteiger partial charge in [0, 0.05) is 11.9 Å². The molecule has 146 valence electrons. The number of likely N-dealkylation sites (N-methyl/N-ethyl adjacent to an activating group) is 1. The van der Waals surface area contributed by atoms with E-state index in [0.717, 1.165) is 4.88 Å². The van der Waals surface area contributed by atoms with Crippen LogP contribution in [0.5, 0.6) is 11.5 Å². The van der Waals surface area contributed by atoms with Crippen LogP contribution in [0.1, 0.15) is 22.2 Å². The van der Waals surface area contributed by atoms with Crippen LogP contribution in [-0.4, -0.2) is 44.1 Å². The molecule has 1 amide bonds. The molecular formula is C18H19Cl2NO5S. The van der Waals surface area contributed by atoms with Crippen molar-refractivity contribution >= 4 is 46.4 Å². The summed E-state index contributed by atoms with van der Waals surface area (Å²) in [4.78, 5) is 26.8. The Balaban J connectivity index is 1.98. The minimum Gasteiger partial charge on any atom is -0.493 e. The number of hydrogen-bond acceptors (Lipinski definition) is 6. The lowest BCUT2D eigenvalue weighted by atomic mass is 10.2. The van der Waals surface area contributed by atoms with E-state index < -0.39 is 5.97 Å². The highest BCUT2D eigenvalue weighted by atomic mass is 35.5. The highest BCUT2D eigenvalue weighted by Crippen LogP contribution is 2.36. The van der Waals surface area contributed by atoms with Crippen LogP contribution in [0.4, 0.5) is 0 Å². The second-order valence-electron chi connectivity index (χ2n) is 5.45. The summed E-state index contributed by atoms with van der Waals surface area (Å²) < 4.78 is 16.4. The first-order valence-electron chi connectivity index (χ1n) is 8.01. The highest BCUT2D eigenvalue weighted by molar-refractivity contribution is 7.16. The zero-order valence-electron chi connectivity index (χ0n) is 15.1. The molecule has 6 nitrogen and oxygen atoms in total. The summed E-state index contributed by atoms with van der Waals surface area (Å²) in [6.07, 6.45) is 0. The molecule has 0 N–H and O–H groups in total. The number of ether oxygens (including phenoxy) is 3. The minimum absolute atomic E-state index is 0.167. The maximum Gasteiger partial charge on any atom is 0.338 e. The number of esters is 1. The SMILES string of the molecule is CCOc1c(Cl)cc(C(=O)OCC(=O)N(C)Cc2ccc(Cl)s2)cc1OC. The molecule has 0 bridgehead atoms. The third kappa shape index (κ3) is 5.76. The lowest BCUT2D eigenvalue weighted by Crippen LogP contribution is -2.30. The van der Waals surface area contributed by atoms with Crippen molar-refractivity contribution < 1.29 is 23.8 Å². The summed E-state index contributed by atoms with van der Waals surface area (Å²) in [6.45, 7) is 2.21. The van der Waals surface area contributed by atoms with Gasteiger partial charge in [-0.2, -0.15) is 0 Å². The Morgan fingerprint density at radius 2 is 1.96 bits per heavy atom. The second-order valence-corrected chi connectivity index (χ2v) is 7.66. The smallest absolute Gasteiger partial charge is 0.338 e. The van der Waals surface area contributed by atoms with Gasteiger partial charge in [-0.15, -0.1) is 11.3 Å². The Morgan fingerprint density at radius 3 is 2.56 bits per heavy atom. The molecule has 0 fully saturated rings. The number of benzene rings is 1. The predicted octanol–water partition coefficient (Wildman–Crippen LogP) is 4.28. The maximum absolute atomic E-state index is 12.3. The van der Waals surface area contributed by atoms with E-state index in [0.29, 0.717) is 29.0 Å². The number of thiophene rings is 1. The van der Waals surface area contributed by atoms with E-state index in [-0.39, 0.29) is 23.1 Å². The van der Waals surface area contributed by atoms with Gasteiger partial charge in [-0.25, -0.2) is 4.79 Å². The van der Waals surface area contributed by atoms with Crippen molar-refractivity contribution in [3.63, 3.8) is 0 Å². The third-order valence-corrected chi connectivity index (χ3v) is 5.02. The molecule has 0 saturated heterocycles. The van der Waals surface area contributed by atoms with Gasteiger partial charge in [-0.05, 0) is 31.2 Å². The molecular weight excluding hydrogens is 413 g/mol. The fourth-order valence-corrected chi connectivity index (χ4v) is 3.61. The van der Waals surface area contributed by atoms with Crippen LogP contribution in [0, 0.1) is 0 Å². The molecule has 1 heterocycles. The summed E-state index contributed by atoms with van der Waals surface area (Å²) >= 11 is 13.4. The van der Waals surface area contributed by atoms with Crippen molar-refractivity contribution in [2.45, 2.75) is 13.5 Å². The number of nitrogens with zero attached hydrogens (tertiary/aromatic N) is 1. The molecule has 0 unspecified atom stereocenters. The molecule has 0 aliphatic heterocycles. The van der Waals surface area contributed by atoms with E-state index in [9.17, 15) is 9.59 Å². The molecule has 9 heteroatoms. The third-order valence-electron chi connectivity index (χ3n) is 3.53. The first kappa shape index (κ1) is 21.3. The number of hydrogen-bond donors (Lipinski definition) is 0. The van der Waals surface area contributed by atoms with Gasteiger partial charge in [0.15, 0.2) is 18.1 Å². The number of methoxy groups -OCH3 is 1. The van der Waals surface area contributed by atoms with Gasteiger partial charge in [0.25, 0.3) is 5.91 Å². The molecule has 0 aliphatic rings. The van der Waals surface area contributed by atoms with Crippen LogP contribution < -0.4 is 9.47 Å². The van der Waals surface area contributed by atoms with Crippen LogP contribution in [0.15, 0.2) is 24.3 Å². The predicted molar refractivity (Wildman–Crippen MR) is 105 cm³/mol. The number of carbonyl (C=O) groups is 2. The molecule has 0 saturated carbocycles. The minimum atomic E-state index is -0.681. The molecule has 0 spiro atoms. The average Bonchev–Trinajstić information content (AvgIpc) is 3.05. The first-order chi connectivity index (χ1) is 12.8. The van der Waals surface area contributed by atoms with E-state index in [1.807, 2.05) is 13.0 Å². The van der Waals surface area contributed by atoms with Gasteiger partial charge in [0.1, 0.15) is 0 Å².